The van der Waals surface area contributed by atoms with Crippen LogP contribution in [0.4, 0.5) is 4.39 Å². The fraction of sp³-hybridized carbons (Fsp3) is 0.120. The zero-order chi connectivity index (χ0) is 25.7. The van der Waals surface area contributed by atoms with Gasteiger partial charge in [-0.05, 0) is 53.1 Å². The van der Waals surface area contributed by atoms with Crippen molar-refractivity contribution in [2.45, 2.75) is 18.9 Å². The van der Waals surface area contributed by atoms with Crippen molar-refractivity contribution in [2.75, 3.05) is 0 Å². The van der Waals surface area contributed by atoms with E-state index in [1.807, 2.05) is 12.1 Å². The lowest BCUT2D eigenvalue weighted by Crippen LogP contribution is -2.24. The van der Waals surface area contributed by atoms with E-state index >= 15 is 0 Å². The van der Waals surface area contributed by atoms with Crippen LogP contribution >= 0.6 is 24.0 Å². The van der Waals surface area contributed by atoms with Crippen molar-refractivity contribution in [3.63, 3.8) is 0 Å². The molecule has 13 heteroatoms. The molecule has 6 rings (SSSR count). The van der Waals surface area contributed by atoms with Gasteiger partial charge in [-0.15, -0.1) is 17.5 Å². The Morgan fingerprint density at radius 2 is 1.95 bits per heavy atom. The molecule has 1 aliphatic heterocycles. The topological polar surface area (TPSA) is 132 Å². The van der Waals surface area contributed by atoms with Crippen LogP contribution in [0.3, 0.4) is 0 Å². The highest BCUT2D eigenvalue weighted by atomic mass is 35.5. The molecule has 1 aliphatic rings. The van der Waals surface area contributed by atoms with Crippen LogP contribution in [0.25, 0.3) is 28.1 Å². The minimum atomic E-state index is -1.35. The Morgan fingerprint density at radius 1 is 1.16 bits per heavy atom. The molecule has 2 N–H and O–H groups in total. The van der Waals surface area contributed by atoms with Crippen molar-refractivity contribution in [1.29, 1.82) is 0 Å². The largest absolute Gasteiger partial charge is 0.478 e. The predicted octanol–water partition coefficient (Wildman–Crippen LogP) is 4.33. The Kier molecular flexibility index (Phi) is 6.55. The van der Waals surface area contributed by atoms with Gasteiger partial charge < -0.3 is 14.7 Å². The van der Waals surface area contributed by atoms with Gasteiger partial charge in [-0.3, -0.25) is 4.79 Å². The number of aromatic nitrogens is 7. The molecule has 0 bridgehead atoms. The van der Waals surface area contributed by atoms with Crippen molar-refractivity contribution >= 4 is 30.0 Å². The smallest absolute Gasteiger partial charge is 0.338 e. The van der Waals surface area contributed by atoms with Crippen molar-refractivity contribution in [1.82, 2.24) is 34.7 Å². The van der Waals surface area contributed by atoms with E-state index in [0.717, 1.165) is 5.69 Å². The minimum absolute atomic E-state index is 0. The average molecular weight is 554 g/mol. The molecule has 0 fully saturated rings. The molecule has 0 spiro atoms. The highest BCUT2D eigenvalue weighted by Gasteiger charge is 2.28. The van der Waals surface area contributed by atoms with Gasteiger partial charge in [-0.25, -0.2) is 14.2 Å². The lowest BCUT2D eigenvalue weighted by atomic mass is 10.0. The maximum atomic E-state index is 14.8. The summed E-state index contributed by atoms with van der Waals surface area (Å²) in [6.07, 6.45) is 4.11. The van der Waals surface area contributed by atoms with Gasteiger partial charge in [0.15, 0.2) is 0 Å². The van der Waals surface area contributed by atoms with Gasteiger partial charge in [0.1, 0.15) is 18.0 Å². The van der Waals surface area contributed by atoms with Crippen LogP contribution < -0.4 is 5.56 Å². The molecule has 192 valence electrons. The summed E-state index contributed by atoms with van der Waals surface area (Å²) in [5.41, 5.74) is 2.53. The normalized spacial score (nSPS) is 14.2. The molecule has 0 saturated heterocycles. The van der Waals surface area contributed by atoms with Gasteiger partial charge in [-0.1, -0.05) is 29.8 Å². The van der Waals surface area contributed by atoms with Crippen molar-refractivity contribution < 1.29 is 14.3 Å². The number of halogens is 3. The van der Waals surface area contributed by atoms with E-state index in [2.05, 4.69) is 25.5 Å². The molecule has 0 saturated carbocycles. The molecule has 2 aromatic carbocycles. The summed E-state index contributed by atoms with van der Waals surface area (Å²) in [7, 11) is 0. The van der Waals surface area contributed by atoms with Crippen LogP contribution in [0.1, 0.15) is 34.3 Å². The lowest BCUT2D eigenvalue weighted by molar-refractivity contribution is 0.0692. The van der Waals surface area contributed by atoms with Gasteiger partial charge in [0.05, 0.1) is 34.2 Å². The van der Waals surface area contributed by atoms with Crippen molar-refractivity contribution in [3.05, 3.63) is 99.3 Å². The summed E-state index contributed by atoms with van der Waals surface area (Å²) in [6.45, 7) is 0. The first-order valence-electron chi connectivity index (χ1n) is 11.3. The number of carboxylic acids is 1. The highest BCUT2D eigenvalue weighted by molar-refractivity contribution is 6.33. The fourth-order valence-corrected chi connectivity index (χ4v) is 5.06. The van der Waals surface area contributed by atoms with E-state index in [4.69, 9.17) is 11.6 Å². The molecule has 0 radical (unpaired) electrons. The molecular weight excluding hydrogens is 536 g/mol. The van der Waals surface area contributed by atoms with Crippen LogP contribution in [0.2, 0.25) is 5.02 Å². The Hall–Kier alpha value is -4.35. The molecule has 0 amide bonds. The lowest BCUT2D eigenvalue weighted by Gasteiger charge is -2.15. The number of carboxylic acid groups (broad SMARTS) is 1. The number of nitrogens with one attached hydrogen (secondary N) is 1. The van der Waals surface area contributed by atoms with Gasteiger partial charge in [0.2, 0.25) is 0 Å². The number of carbonyl (C=O) groups is 1. The Labute approximate surface area is 225 Å². The molecule has 10 nitrogen and oxygen atoms in total. The number of fused-ring (bicyclic) bond motifs is 1. The van der Waals surface area contributed by atoms with E-state index in [1.54, 1.807) is 16.7 Å². The molecule has 0 unspecified atom stereocenters. The number of pyridine rings is 1. The summed E-state index contributed by atoms with van der Waals surface area (Å²) >= 11 is 6.45. The SMILES string of the molecule is Cl.O=C(O)c1cccc(-c2cnc([C@@H]3CCc4cc(-c5cccc(Cl)c5-n5cnnn5)cc(=O)n43)[nH]2)c1F. The third-order valence-corrected chi connectivity index (χ3v) is 6.74. The number of H-pyrrole nitrogens is 1. The number of nitrogens with zero attached hydrogens (tertiary/aromatic N) is 6. The zero-order valence-electron chi connectivity index (χ0n) is 19.4. The van der Waals surface area contributed by atoms with Crippen LogP contribution in [0, 0.1) is 5.82 Å². The fourth-order valence-electron chi connectivity index (χ4n) is 4.80. The highest BCUT2D eigenvalue weighted by Crippen LogP contribution is 2.35. The van der Waals surface area contributed by atoms with Crippen LogP contribution in [0.15, 0.2) is 65.8 Å². The van der Waals surface area contributed by atoms with Crippen LogP contribution in [0.5, 0.6) is 0 Å². The summed E-state index contributed by atoms with van der Waals surface area (Å²) in [5, 5.41) is 21.0. The maximum absolute atomic E-state index is 14.8. The third kappa shape index (κ3) is 4.15. The number of rotatable bonds is 5. The number of benzene rings is 2. The maximum Gasteiger partial charge on any atom is 0.338 e. The third-order valence-electron chi connectivity index (χ3n) is 6.44. The van der Waals surface area contributed by atoms with Gasteiger partial charge in [0, 0.05) is 22.9 Å². The monoisotopic (exact) mass is 553 g/mol. The number of aryl methyl sites for hydroxylation is 1. The van der Waals surface area contributed by atoms with E-state index in [0.29, 0.717) is 46.2 Å². The molecule has 4 heterocycles. The van der Waals surface area contributed by atoms with E-state index in [-0.39, 0.29) is 29.6 Å². The number of imidazole rings is 1. The van der Waals surface area contributed by atoms with Gasteiger partial charge in [0.25, 0.3) is 5.56 Å². The summed E-state index contributed by atoms with van der Waals surface area (Å²) < 4.78 is 17.9. The van der Waals surface area contributed by atoms with E-state index < -0.39 is 17.3 Å². The molecule has 5 aromatic rings. The summed E-state index contributed by atoms with van der Waals surface area (Å²) in [6, 6.07) is 12.6. The molecule has 0 aliphatic carbocycles. The standard InChI is InChI=1S/C25H17ClFN7O3.ClH/c26-18-6-2-3-15(23(18)33-12-29-31-32-33)13-9-14-7-8-20(34(14)21(35)10-13)24-28-11-19(30-24)16-4-1-5-17(22(16)27)25(36)37;/h1-6,9-12,20H,7-8H2,(H,28,30)(H,36,37);1H/t20-;/m0./s1. The summed E-state index contributed by atoms with van der Waals surface area (Å²) in [5.74, 6) is -1.71. The number of aromatic carboxylic acids is 1. The van der Waals surface area contributed by atoms with Gasteiger partial charge >= 0.3 is 5.97 Å². The second-order valence-corrected chi connectivity index (χ2v) is 8.95. The van der Waals surface area contributed by atoms with Crippen molar-refractivity contribution in [3.8, 4) is 28.1 Å². The Morgan fingerprint density at radius 3 is 2.71 bits per heavy atom. The quantitative estimate of drug-likeness (QED) is 0.331. The number of hydrogen-bond acceptors (Lipinski definition) is 6. The second-order valence-electron chi connectivity index (χ2n) is 8.54. The number of hydrogen-bond donors (Lipinski definition) is 2. The predicted molar refractivity (Wildman–Crippen MR) is 139 cm³/mol. The molecular formula is C25H18Cl2FN7O3. The average Bonchev–Trinajstić information content (AvgIpc) is 3.64. The first kappa shape index (κ1) is 25.3. The second kappa shape index (κ2) is 9.84. The minimum Gasteiger partial charge on any atom is -0.478 e. The first-order valence-corrected chi connectivity index (χ1v) is 11.6. The first-order chi connectivity index (χ1) is 17.9. The van der Waals surface area contributed by atoms with Crippen molar-refractivity contribution in [2.24, 2.45) is 0 Å². The number of aromatic amines is 1. The number of tetrazole rings is 1. The Bertz CT molecular complexity index is 1730. The van der Waals surface area contributed by atoms with E-state index in [1.165, 1.54) is 41.5 Å². The summed E-state index contributed by atoms with van der Waals surface area (Å²) in [4.78, 5) is 32.1. The molecule has 38 heavy (non-hydrogen) atoms. The Balaban J connectivity index is 0.00000294. The van der Waals surface area contributed by atoms with Gasteiger partial charge in [-0.2, -0.15) is 4.68 Å². The van der Waals surface area contributed by atoms with Crippen LogP contribution in [-0.4, -0.2) is 45.8 Å². The number of para-hydroxylation sites is 1. The van der Waals surface area contributed by atoms with Crippen LogP contribution in [-0.2, 0) is 6.42 Å². The molecule has 1 atom stereocenters. The van der Waals surface area contributed by atoms with E-state index in [9.17, 15) is 19.1 Å². The molecule has 3 aromatic heterocycles. The zero-order valence-corrected chi connectivity index (χ0v) is 20.9.